The Morgan fingerprint density at radius 2 is 1.70 bits per heavy atom. The van der Waals surface area contributed by atoms with Crippen molar-refractivity contribution in [3.63, 3.8) is 0 Å². The number of benzene rings is 2. The second-order valence-corrected chi connectivity index (χ2v) is 6.24. The van der Waals surface area contributed by atoms with E-state index in [0.29, 0.717) is 5.75 Å². The van der Waals surface area contributed by atoms with Gasteiger partial charge in [0.05, 0.1) is 11.8 Å². The molecule has 0 aliphatic rings. The molecule has 0 spiro atoms. The van der Waals surface area contributed by atoms with Gasteiger partial charge in [0, 0.05) is 17.5 Å². The van der Waals surface area contributed by atoms with Crippen molar-refractivity contribution in [3.8, 4) is 0 Å². The van der Waals surface area contributed by atoms with Crippen LogP contribution in [0.4, 0.5) is 5.69 Å². The molecule has 0 heterocycles. The minimum absolute atomic E-state index is 0.00251. The third-order valence-corrected chi connectivity index (χ3v) is 4.23. The molecule has 2 N–H and O–H groups in total. The highest BCUT2D eigenvalue weighted by Gasteiger charge is 2.09. The van der Waals surface area contributed by atoms with Crippen molar-refractivity contribution in [1.82, 2.24) is 5.32 Å². The van der Waals surface area contributed by atoms with Gasteiger partial charge in [0.15, 0.2) is 0 Å². The van der Waals surface area contributed by atoms with Crippen LogP contribution in [0.1, 0.15) is 25.5 Å². The van der Waals surface area contributed by atoms with Crippen LogP contribution in [0.5, 0.6) is 0 Å². The van der Waals surface area contributed by atoms with Gasteiger partial charge in [-0.1, -0.05) is 30.3 Å². The molecule has 0 radical (unpaired) electrons. The van der Waals surface area contributed by atoms with E-state index in [9.17, 15) is 9.59 Å². The van der Waals surface area contributed by atoms with E-state index in [1.807, 2.05) is 61.5 Å². The van der Waals surface area contributed by atoms with Crippen LogP contribution in [0.2, 0.25) is 0 Å². The molecular weight excluding hydrogens is 308 g/mol. The van der Waals surface area contributed by atoms with Crippen LogP contribution < -0.4 is 10.6 Å². The van der Waals surface area contributed by atoms with Gasteiger partial charge in [0.2, 0.25) is 11.8 Å². The Balaban J connectivity index is 1.81. The average molecular weight is 328 g/mol. The zero-order valence-corrected chi connectivity index (χ0v) is 14.0. The van der Waals surface area contributed by atoms with Crippen LogP contribution in [0.25, 0.3) is 0 Å². The second kappa shape index (κ2) is 8.39. The number of carbonyl (C=O) groups excluding carboxylic acids is 2. The predicted molar refractivity (Wildman–Crippen MR) is 94.5 cm³/mol. The lowest BCUT2D eigenvalue weighted by atomic mass is 10.1. The lowest BCUT2D eigenvalue weighted by Gasteiger charge is -2.14. The van der Waals surface area contributed by atoms with Gasteiger partial charge >= 0.3 is 0 Å². The van der Waals surface area contributed by atoms with Crippen LogP contribution in [0, 0.1) is 0 Å². The maximum atomic E-state index is 12.0. The maximum absolute atomic E-state index is 12.0. The standard InChI is InChI=1S/C18H20N2O2S/c1-13(15-6-4-3-5-7-15)19-18(22)12-23-17-10-8-16(9-11-17)20-14(2)21/h3-11,13H,12H2,1-2H3,(H,19,22)(H,20,21). The molecule has 2 rings (SSSR count). The normalized spacial score (nSPS) is 11.6. The summed E-state index contributed by atoms with van der Waals surface area (Å²) in [5, 5.41) is 5.70. The molecule has 1 unspecified atom stereocenters. The van der Waals surface area contributed by atoms with Crippen molar-refractivity contribution in [3.05, 3.63) is 60.2 Å². The molecule has 2 aromatic carbocycles. The first kappa shape index (κ1) is 17.1. The molecule has 2 aromatic rings. The summed E-state index contributed by atoms with van der Waals surface area (Å²) < 4.78 is 0. The second-order valence-electron chi connectivity index (χ2n) is 5.19. The summed E-state index contributed by atoms with van der Waals surface area (Å²) >= 11 is 1.47. The maximum Gasteiger partial charge on any atom is 0.230 e. The number of thioether (sulfide) groups is 1. The van der Waals surface area contributed by atoms with Gasteiger partial charge in [-0.25, -0.2) is 0 Å². The van der Waals surface area contributed by atoms with E-state index in [0.717, 1.165) is 16.1 Å². The van der Waals surface area contributed by atoms with Crippen LogP contribution in [0.3, 0.4) is 0 Å². The minimum Gasteiger partial charge on any atom is -0.349 e. The summed E-state index contributed by atoms with van der Waals surface area (Å²) in [5.41, 5.74) is 1.84. The quantitative estimate of drug-likeness (QED) is 0.796. The molecule has 0 aliphatic carbocycles. The number of hydrogen-bond donors (Lipinski definition) is 2. The molecule has 0 fully saturated rings. The van der Waals surface area contributed by atoms with Crippen LogP contribution >= 0.6 is 11.8 Å². The van der Waals surface area contributed by atoms with Crippen molar-refractivity contribution in [2.45, 2.75) is 24.8 Å². The lowest BCUT2D eigenvalue weighted by molar-refractivity contribution is -0.119. The highest BCUT2D eigenvalue weighted by Crippen LogP contribution is 2.20. The Bertz CT molecular complexity index is 656. The predicted octanol–water partition coefficient (Wildman–Crippen LogP) is 3.61. The molecule has 23 heavy (non-hydrogen) atoms. The molecule has 0 bridgehead atoms. The zero-order valence-electron chi connectivity index (χ0n) is 13.2. The largest absolute Gasteiger partial charge is 0.349 e. The zero-order chi connectivity index (χ0) is 16.7. The monoisotopic (exact) mass is 328 g/mol. The summed E-state index contributed by atoms with van der Waals surface area (Å²) in [4.78, 5) is 24.0. The van der Waals surface area contributed by atoms with E-state index in [1.165, 1.54) is 18.7 Å². The Morgan fingerprint density at radius 1 is 1.04 bits per heavy atom. The SMILES string of the molecule is CC(=O)Nc1ccc(SCC(=O)NC(C)c2ccccc2)cc1. The molecule has 0 aromatic heterocycles. The molecule has 0 saturated heterocycles. The van der Waals surface area contributed by atoms with Crippen molar-refractivity contribution in [2.24, 2.45) is 0 Å². The van der Waals surface area contributed by atoms with Gasteiger partial charge in [0.25, 0.3) is 0 Å². The molecular formula is C18H20N2O2S. The summed E-state index contributed by atoms with van der Waals surface area (Å²) in [6.45, 7) is 3.45. The number of carbonyl (C=O) groups is 2. The molecule has 0 aliphatic heterocycles. The Kier molecular flexibility index (Phi) is 6.23. The summed E-state index contributed by atoms with van der Waals surface area (Å²) in [5.74, 6) is 0.258. The number of hydrogen-bond acceptors (Lipinski definition) is 3. The first-order valence-electron chi connectivity index (χ1n) is 7.39. The Labute approximate surface area is 140 Å². The van der Waals surface area contributed by atoms with E-state index < -0.39 is 0 Å². The van der Waals surface area contributed by atoms with Gasteiger partial charge in [0.1, 0.15) is 0 Å². The van der Waals surface area contributed by atoms with Crippen molar-refractivity contribution in [1.29, 1.82) is 0 Å². The van der Waals surface area contributed by atoms with E-state index >= 15 is 0 Å². The van der Waals surface area contributed by atoms with E-state index in [4.69, 9.17) is 0 Å². The lowest BCUT2D eigenvalue weighted by Crippen LogP contribution is -2.28. The highest BCUT2D eigenvalue weighted by atomic mass is 32.2. The fourth-order valence-corrected chi connectivity index (χ4v) is 2.80. The Morgan fingerprint density at radius 3 is 2.30 bits per heavy atom. The van der Waals surface area contributed by atoms with Gasteiger partial charge < -0.3 is 10.6 Å². The van der Waals surface area contributed by atoms with Gasteiger partial charge in [-0.3, -0.25) is 9.59 Å². The highest BCUT2D eigenvalue weighted by molar-refractivity contribution is 8.00. The number of nitrogens with one attached hydrogen (secondary N) is 2. The van der Waals surface area contributed by atoms with E-state index in [-0.39, 0.29) is 17.9 Å². The third-order valence-electron chi connectivity index (χ3n) is 3.22. The van der Waals surface area contributed by atoms with Crippen LogP contribution in [-0.4, -0.2) is 17.6 Å². The first-order chi connectivity index (χ1) is 11.0. The summed E-state index contributed by atoms with van der Waals surface area (Å²) in [7, 11) is 0. The molecule has 1 atom stereocenters. The fraction of sp³-hybridized carbons (Fsp3) is 0.222. The fourth-order valence-electron chi connectivity index (χ4n) is 2.09. The third kappa shape index (κ3) is 5.79. The van der Waals surface area contributed by atoms with Crippen molar-refractivity contribution >= 4 is 29.3 Å². The first-order valence-corrected chi connectivity index (χ1v) is 8.38. The number of rotatable bonds is 6. The van der Waals surface area contributed by atoms with E-state index in [2.05, 4.69) is 10.6 Å². The van der Waals surface area contributed by atoms with Gasteiger partial charge in [-0.05, 0) is 36.8 Å². The van der Waals surface area contributed by atoms with Gasteiger partial charge in [-0.15, -0.1) is 11.8 Å². The van der Waals surface area contributed by atoms with Crippen LogP contribution in [-0.2, 0) is 9.59 Å². The molecule has 120 valence electrons. The number of amides is 2. The topological polar surface area (TPSA) is 58.2 Å². The van der Waals surface area contributed by atoms with Crippen molar-refractivity contribution < 1.29 is 9.59 Å². The Hall–Kier alpha value is -2.27. The smallest absolute Gasteiger partial charge is 0.230 e. The molecule has 2 amide bonds. The number of anilines is 1. The van der Waals surface area contributed by atoms with Gasteiger partial charge in [-0.2, -0.15) is 0 Å². The average Bonchev–Trinajstić information content (AvgIpc) is 2.54. The van der Waals surface area contributed by atoms with Crippen LogP contribution in [0.15, 0.2) is 59.5 Å². The van der Waals surface area contributed by atoms with Crippen molar-refractivity contribution in [2.75, 3.05) is 11.1 Å². The molecule has 5 heteroatoms. The molecule has 4 nitrogen and oxygen atoms in total. The summed E-state index contributed by atoms with van der Waals surface area (Å²) in [6.07, 6.45) is 0. The molecule has 0 saturated carbocycles. The minimum atomic E-state index is -0.0975. The van der Waals surface area contributed by atoms with E-state index in [1.54, 1.807) is 0 Å². The summed E-state index contributed by atoms with van der Waals surface area (Å²) in [6, 6.07) is 17.3.